The molecular weight excluding hydrogens is 585 g/mol. The Morgan fingerprint density at radius 3 is 1.94 bits per heavy atom. The van der Waals surface area contributed by atoms with Crippen molar-refractivity contribution in [2.75, 3.05) is 0 Å². The zero-order chi connectivity index (χ0) is 32.6. The van der Waals surface area contributed by atoms with Gasteiger partial charge in [-0.3, -0.25) is 19.9 Å². The lowest BCUT2D eigenvalue weighted by Gasteiger charge is -2.33. The Hall–Kier alpha value is -5.48. The van der Waals surface area contributed by atoms with Crippen LogP contribution in [-0.2, 0) is 10.8 Å². The fourth-order valence-electron chi connectivity index (χ4n) is 8.37. The second-order valence-electron chi connectivity index (χ2n) is 14.5. The molecule has 232 valence electrons. The maximum atomic E-state index is 4.78. The van der Waals surface area contributed by atoms with Crippen molar-refractivity contribution >= 4 is 11.1 Å². The number of pyridine rings is 4. The van der Waals surface area contributed by atoms with E-state index in [1.54, 1.807) is 12.4 Å². The molecule has 0 amide bonds. The Labute approximate surface area is 282 Å². The molecule has 0 N–H and O–H groups in total. The fourth-order valence-corrected chi connectivity index (χ4v) is 8.37. The summed E-state index contributed by atoms with van der Waals surface area (Å²) in [5.41, 5.74) is 18.7. The molecule has 0 spiro atoms. The van der Waals surface area contributed by atoms with E-state index in [4.69, 9.17) is 4.98 Å². The molecule has 4 aromatic heterocycles. The van der Waals surface area contributed by atoms with Crippen molar-refractivity contribution in [3.63, 3.8) is 0 Å². The molecule has 6 aromatic rings. The molecule has 3 aliphatic rings. The summed E-state index contributed by atoms with van der Waals surface area (Å²) >= 11 is 0. The van der Waals surface area contributed by atoms with E-state index in [0.717, 1.165) is 34.5 Å². The highest BCUT2D eigenvalue weighted by Crippen LogP contribution is 2.61. The summed E-state index contributed by atoms with van der Waals surface area (Å²) < 4.78 is 0. The molecule has 4 heteroatoms. The first-order valence-electron chi connectivity index (χ1n) is 16.8. The van der Waals surface area contributed by atoms with Crippen LogP contribution >= 0.6 is 0 Å². The van der Waals surface area contributed by atoms with Crippen molar-refractivity contribution in [3.05, 3.63) is 156 Å². The van der Waals surface area contributed by atoms with E-state index >= 15 is 0 Å². The summed E-state index contributed by atoms with van der Waals surface area (Å²) in [5.74, 6) is 0.426. The van der Waals surface area contributed by atoms with Crippen LogP contribution in [-0.4, -0.2) is 19.9 Å². The maximum absolute atomic E-state index is 4.78. The van der Waals surface area contributed by atoms with Gasteiger partial charge in [0.2, 0.25) is 0 Å². The Balaban J connectivity index is 1.05. The zero-order valence-corrected chi connectivity index (χ0v) is 27.7. The van der Waals surface area contributed by atoms with Crippen LogP contribution in [0.4, 0.5) is 0 Å². The molecule has 1 unspecified atom stereocenters. The minimum absolute atomic E-state index is 0.00342. The van der Waals surface area contributed by atoms with E-state index in [0.29, 0.717) is 5.92 Å². The molecule has 0 aliphatic heterocycles. The van der Waals surface area contributed by atoms with Crippen LogP contribution in [0.1, 0.15) is 56.4 Å². The quantitative estimate of drug-likeness (QED) is 0.197. The molecular formula is C44H36N4. The molecule has 4 nitrogen and oxygen atoms in total. The third kappa shape index (κ3) is 4.36. The molecule has 0 fully saturated rings. The number of nitrogens with zero attached hydrogens (tertiary/aromatic N) is 4. The zero-order valence-electron chi connectivity index (χ0n) is 27.7. The minimum atomic E-state index is -0.0890. The minimum Gasteiger partial charge on any atom is -0.264 e. The number of fused-ring (bicyclic) bond motifs is 5. The Morgan fingerprint density at radius 1 is 0.562 bits per heavy atom. The molecule has 3 aliphatic carbocycles. The molecule has 0 saturated heterocycles. The monoisotopic (exact) mass is 620 g/mol. The smallest absolute Gasteiger partial charge is 0.0723 e. The van der Waals surface area contributed by atoms with Crippen LogP contribution in [0.3, 0.4) is 0 Å². The first kappa shape index (κ1) is 28.7. The van der Waals surface area contributed by atoms with Crippen molar-refractivity contribution < 1.29 is 0 Å². The topological polar surface area (TPSA) is 51.6 Å². The third-order valence-electron chi connectivity index (χ3n) is 11.1. The van der Waals surface area contributed by atoms with Gasteiger partial charge in [-0.05, 0) is 128 Å². The molecule has 0 saturated carbocycles. The Bertz CT molecular complexity index is 2300. The van der Waals surface area contributed by atoms with E-state index in [2.05, 4.69) is 115 Å². The van der Waals surface area contributed by atoms with Crippen molar-refractivity contribution in [1.29, 1.82) is 0 Å². The first-order valence-corrected chi connectivity index (χ1v) is 16.8. The van der Waals surface area contributed by atoms with Crippen molar-refractivity contribution in [2.24, 2.45) is 5.92 Å². The van der Waals surface area contributed by atoms with Crippen molar-refractivity contribution in [2.45, 2.75) is 44.9 Å². The van der Waals surface area contributed by atoms with Crippen LogP contribution in [0.15, 0.2) is 134 Å². The Kier molecular flexibility index (Phi) is 6.29. The van der Waals surface area contributed by atoms with Crippen LogP contribution in [0.25, 0.3) is 55.9 Å². The van der Waals surface area contributed by atoms with E-state index in [1.165, 1.54) is 55.7 Å². The van der Waals surface area contributed by atoms with Gasteiger partial charge in [-0.2, -0.15) is 0 Å². The van der Waals surface area contributed by atoms with Crippen LogP contribution < -0.4 is 0 Å². The summed E-state index contributed by atoms with van der Waals surface area (Å²) in [6.45, 7) is 9.66. The molecule has 0 radical (unpaired) electrons. The molecule has 1 atom stereocenters. The standard InChI is InChI=1S/C44H36N4/c1-43(2)37-19-27(29-15-18-47-42(21-29)32-8-6-17-46-25-32)9-12-33(37)35-22-40-36(23-39(35)43)34-13-10-28(20-38(34)44(40,3)4)30-11-14-41(48-26-30)31-7-5-16-45-24-31/h5-22,24-26,39H,23H2,1-4H3. The normalized spacial score (nSPS) is 18.1. The van der Waals surface area contributed by atoms with Gasteiger partial charge in [-0.15, -0.1) is 0 Å². The van der Waals surface area contributed by atoms with Gasteiger partial charge in [-0.25, -0.2) is 0 Å². The van der Waals surface area contributed by atoms with Gasteiger partial charge < -0.3 is 0 Å². The molecule has 48 heavy (non-hydrogen) atoms. The van der Waals surface area contributed by atoms with E-state index < -0.39 is 0 Å². The van der Waals surface area contributed by atoms with Crippen molar-refractivity contribution in [3.8, 4) is 44.8 Å². The van der Waals surface area contributed by atoms with Gasteiger partial charge in [-0.1, -0.05) is 64.1 Å². The second-order valence-corrected chi connectivity index (χ2v) is 14.5. The summed E-state index contributed by atoms with van der Waals surface area (Å²) in [5, 5.41) is 0. The lowest BCUT2D eigenvalue weighted by atomic mass is 9.70. The van der Waals surface area contributed by atoms with Gasteiger partial charge >= 0.3 is 0 Å². The highest BCUT2D eigenvalue weighted by Gasteiger charge is 2.48. The summed E-state index contributed by atoms with van der Waals surface area (Å²) in [6, 6.07) is 30.7. The fraction of sp³-hybridized carbons (Fsp3) is 0.182. The average Bonchev–Trinajstić information content (AvgIpc) is 3.50. The number of aromatic nitrogens is 4. The predicted molar refractivity (Wildman–Crippen MR) is 195 cm³/mol. The Morgan fingerprint density at radius 2 is 1.23 bits per heavy atom. The van der Waals surface area contributed by atoms with E-state index in [-0.39, 0.29) is 10.8 Å². The van der Waals surface area contributed by atoms with E-state index in [9.17, 15) is 0 Å². The lowest BCUT2D eigenvalue weighted by Crippen LogP contribution is -2.26. The molecule has 9 rings (SSSR count). The largest absolute Gasteiger partial charge is 0.264 e. The number of hydrogen-bond acceptors (Lipinski definition) is 4. The third-order valence-corrected chi connectivity index (χ3v) is 11.1. The average molecular weight is 621 g/mol. The van der Waals surface area contributed by atoms with Gasteiger partial charge in [0.05, 0.1) is 11.4 Å². The van der Waals surface area contributed by atoms with Gasteiger partial charge in [0.25, 0.3) is 0 Å². The lowest BCUT2D eigenvalue weighted by molar-refractivity contribution is 0.417. The molecule has 0 bridgehead atoms. The first-order chi connectivity index (χ1) is 23.3. The second kappa shape index (κ2) is 10.5. The number of rotatable bonds is 4. The highest BCUT2D eigenvalue weighted by molar-refractivity contribution is 5.93. The summed E-state index contributed by atoms with van der Waals surface area (Å²) in [7, 11) is 0. The van der Waals surface area contributed by atoms with Gasteiger partial charge in [0.15, 0.2) is 0 Å². The highest BCUT2D eigenvalue weighted by atomic mass is 14.7. The van der Waals surface area contributed by atoms with Crippen LogP contribution in [0, 0.1) is 5.92 Å². The summed E-state index contributed by atoms with van der Waals surface area (Å²) in [4.78, 5) is 18.0. The van der Waals surface area contributed by atoms with E-state index in [1.807, 2.05) is 43.0 Å². The number of allylic oxidation sites excluding steroid dienone is 4. The number of hydrogen-bond donors (Lipinski definition) is 0. The van der Waals surface area contributed by atoms with Crippen LogP contribution in [0.5, 0.6) is 0 Å². The van der Waals surface area contributed by atoms with Crippen molar-refractivity contribution in [1.82, 2.24) is 19.9 Å². The summed E-state index contributed by atoms with van der Waals surface area (Å²) in [6.07, 6.45) is 14.8. The van der Waals surface area contributed by atoms with Crippen LogP contribution in [0.2, 0.25) is 0 Å². The maximum Gasteiger partial charge on any atom is 0.0723 e. The van der Waals surface area contributed by atoms with Gasteiger partial charge in [0.1, 0.15) is 0 Å². The predicted octanol–water partition coefficient (Wildman–Crippen LogP) is 10.4. The molecule has 4 heterocycles. The van der Waals surface area contributed by atoms with Gasteiger partial charge in [0, 0.05) is 59.3 Å². The number of benzene rings is 2. The SMILES string of the molecule is CC1(C)C2=C(CC3C(=C2)c2ccc(-c4ccnc(-c5cccnc5)c4)cc2C3(C)C)c2ccc(-c3ccc(-c4cccnc4)nc3)cc21. The molecule has 2 aromatic carbocycles.